The fraction of sp³-hybridized carbons (Fsp3) is 0.167. The van der Waals surface area contributed by atoms with Crippen LogP contribution in [0.1, 0.15) is 23.4 Å². The molecule has 0 bridgehead atoms. The molecule has 1 aliphatic carbocycles. The van der Waals surface area contributed by atoms with E-state index in [0.29, 0.717) is 0 Å². The summed E-state index contributed by atoms with van der Waals surface area (Å²) in [4.78, 5) is 4.92. The van der Waals surface area contributed by atoms with Gasteiger partial charge in [0.15, 0.2) is 0 Å². The van der Waals surface area contributed by atoms with Crippen LogP contribution in [0.3, 0.4) is 0 Å². The molecule has 0 amide bonds. The van der Waals surface area contributed by atoms with Gasteiger partial charge in [-0.1, -0.05) is 58.4 Å². The summed E-state index contributed by atoms with van der Waals surface area (Å²) in [6, 6.07) is 19.2. The van der Waals surface area contributed by atoms with Crippen molar-refractivity contribution in [2.45, 2.75) is 18.3 Å². The molecule has 0 atom stereocenters. The van der Waals surface area contributed by atoms with E-state index in [1.165, 1.54) is 29.0 Å². The van der Waals surface area contributed by atoms with Gasteiger partial charge in [0.2, 0.25) is 0 Å². The Morgan fingerprint density at radius 1 is 0.952 bits per heavy atom. The molecule has 4 rings (SSSR count). The van der Waals surface area contributed by atoms with E-state index < -0.39 is 0 Å². The van der Waals surface area contributed by atoms with Crippen molar-refractivity contribution >= 4 is 27.3 Å². The van der Waals surface area contributed by atoms with Crippen molar-refractivity contribution < 1.29 is 0 Å². The molecule has 2 aromatic carbocycles. The quantitative estimate of drug-likeness (QED) is 0.591. The van der Waals surface area contributed by atoms with Crippen molar-refractivity contribution in [3.05, 3.63) is 75.0 Å². The van der Waals surface area contributed by atoms with Gasteiger partial charge in [-0.15, -0.1) is 11.3 Å². The third kappa shape index (κ3) is 2.34. The summed E-state index contributed by atoms with van der Waals surface area (Å²) >= 11 is 5.27. The zero-order valence-electron chi connectivity index (χ0n) is 11.4. The van der Waals surface area contributed by atoms with Crippen molar-refractivity contribution in [2.24, 2.45) is 0 Å². The lowest BCUT2D eigenvalue weighted by molar-refractivity contribution is 0.834. The van der Waals surface area contributed by atoms with Gasteiger partial charge in [0, 0.05) is 20.8 Å². The monoisotopic (exact) mass is 355 g/mol. The molecule has 1 heterocycles. The first-order valence-corrected chi connectivity index (χ1v) is 8.73. The van der Waals surface area contributed by atoms with Gasteiger partial charge < -0.3 is 0 Å². The van der Waals surface area contributed by atoms with Crippen LogP contribution in [-0.4, -0.2) is 4.98 Å². The molecule has 3 heteroatoms. The van der Waals surface area contributed by atoms with E-state index in [9.17, 15) is 0 Å². The largest absolute Gasteiger partial charge is 0.240 e. The Bertz CT molecular complexity index is 757. The number of rotatable bonds is 3. The normalized spacial score (nSPS) is 15.9. The smallest absolute Gasteiger partial charge is 0.104 e. The minimum absolute atomic E-state index is 0.180. The maximum absolute atomic E-state index is 4.92. The highest BCUT2D eigenvalue weighted by molar-refractivity contribution is 9.10. The van der Waals surface area contributed by atoms with Gasteiger partial charge >= 0.3 is 0 Å². The highest BCUT2D eigenvalue weighted by Crippen LogP contribution is 2.54. The molecule has 104 valence electrons. The molecule has 21 heavy (non-hydrogen) atoms. The van der Waals surface area contributed by atoms with E-state index >= 15 is 0 Å². The first-order chi connectivity index (χ1) is 10.3. The highest BCUT2D eigenvalue weighted by Gasteiger charge is 2.48. The Morgan fingerprint density at radius 3 is 2.33 bits per heavy atom. The van der Waals surface area contributed by atoms with Crippen molar-refractivity contribution in [3.8, 4) is 11.3 Å². The number of halogens is 1. The minimum atomic E-state index is 0.180. The fourth-order valence-corrected chi connectivity index (χ4v) is 4.13. The van der Waals surface area contributed by atoms with Gasteiger partial charge in [-0.05, 0) is 30.5 Å². The predicted molar refractivity (Wildman–Crippen MR) is 91.7 cm³/mol. The van der Waals surface area contributed by atoms with Crippen LogP contribution in [0.2, 0.25) is 0 Å². The van der Waals surface area contributed by atoms with E-state index in [1.807, 2.05) is 0 Å². The molecule has 1 aromatic heterocycles. The Hall–Kier alpha value is -1.45. The number of hydrogen-bond donors (Lipinski definition) is 0. The van der Waals surface area contributed by atoms with Crippen molar-refractivity contribution in [2.75, 3.05) is 0 Å². The Balaban J connectivity index is 1.70. The van der Waals surface area contributed by atoms with E-state index in [1.54, 1.807) is 11.3 Å². The zero-order chi connectivity index (χ0) is 14.3. The fourth-order valence-electron chi connectivity index (χ4n) is 2.75. The highest BCUT2D eigenvalue weighted by atomic mass is 79.9. The zero-order valence-corrected chi connectivity index (χ0v) is 13.8. The second-order valence-electron chi connectivity index (χ2n) is 5.49. The molecule has 1 aliphatic rings. The predicted octanol–water partition coefficient (Wildman–Crippen LogP) is 5.65. The van der Waals surface area contributed by atoms with Crippen LogP contribution in [0.25, 0.3) is 11.3 Å². The lowest BCUT2D eigenvalue weighted by Gasteiger charge is -2.12. The summed E-state index contributed by atoms with van der Waals surface area (Å²) in [5.41, 5.74) is 3.86. The van der Waals surface area contributed by atoms with Crippen LogP contribution in [0.15, 0.2) is 64.5 Å². The lowest BCUT2D eigenvalue weighted by atomic mass is 9.97. The van der Waals surface area contributed by atoms with E-state index in [-0.39, 0.29) is 5.41 Å². The molecule has 0 aliphatic heterocycles. The van der Waals surface area contributed by atoms with Gasteiger partial charge in [0.05, 0.1) is 5.69 Å². The van der Waals surface area contributed by atoms with Crippen LogP contribution < -0.4 is 0 Å². The molecule has 0 unspecified atom stereocenters. The topological polar surface area (TPSA) is 12.9 Å². The van der Waals surface area contributed by atoms with Crippen molar-refractivity contribution in [1.29, 1.82) is 0 Å². The molecule has 1 nitrogen and oxygen atoms in total. The van der Waals surface area contributed by atoms with Gasteiger partial charge in [-0.3, -0.25) is 0 Å². The summed E-state index contributed by atoms with van der Waals surface area (Å²) in [7, 11) is 0. The summed E-state index contributed by atoms with van der Waals surface area (Å²) in [5.74, 6) is 0. The molecule has 0 N–H and O–H groups in total. The van der Waals surface area contributed by atoms with E-state index in [2.05, 4.69) is 75.9 Å². The second-order valence-corrected chi connectivity index (χ2v) is 7.27. The van der Waals surface area contributed by atoms with Crippen LogP contribution in [0.4, 0.5) is 0 Å². The lowest BCUT2D eigenvalue weighted by Crippen LogP contribution is -2.07. The SMILES string of the molecule is Brc1ccc(-c2csc(C3(c4ccccc4)CC3)n2)cc1. The maximum atomic E-state index is 4.92. The summed E-state index contributed by atoms with van der Waals surface area (Å²) in [5, 5.41) is 3.44. The van der Waals surface area contributed by atoms with Gasteiger partial charge in [0.25, 0.3) is 0 Å². The molecular formula is C18H14BrNS. The first-order valence-electron chi connectivity index (χ1n) is 7.05. The molecular weight excluding hydrogens is 342 g/mol. The average molecular weight is 356 g/mol. The molecule has 1 fully saturated rings. The van der Waals surface area contributed by atoms with Crippen LogP contribution >= 0.6 is 27.3 Å². The Morgan fingerprint density at radius 2 is 1.67 bits per heavy atom. The summed E-state index contributed by atoms with van der Waals surface area (Å²) in [6.45, 7) is 0. The van der Waals surface area contributed by atoms with Gasteiger partial charge in [-0.2, -0.15) is 0 Å². The number of thiazole rings is 1. The number of benzene rings is 2. The molecule has 1 saturated carbocycles. The molecule has 3 aromatic rings. The molecule has 0 saturated heterocycles. The summed E-state index contributed by atoms with van der Waals surface area (Å²) in [6.07, 6.45) is 2.43. The number of nitrogens with zero attached hydrogens (tertiary/aromatic N) is 1. The van der Waals surface area contributed by atoms with E-state index in [4.69, 9.17) is 4.98 Å². The first kappa shape index (κ1) is 13.2. The molecule has 0 spiro atoms. The Kier molecular flexibility index (Phi) is 3.20. The number of aromatic nitrogens is 1. The van der Waals surface area contributed by atoms with Crippen LogP contribution in [0.5, 0.6) is 0 Å². The van der Waals surface area contributed by atoms with Gasteiger partial charge in [-0.25, -0.2) is 4.98 Å². The van der Waals surface area contributed by atoms with Crippen LogP contribution in [-0.2, 0) is 5.41 Å². The third-order valence-electron chi connectivity index (χ3n) is 4.13. The maximum Gasteiger partial charge on any atom is 0.104 e. The van der Waals surface area contributed by atoms with Crippen LogP contribution in [0, 0.1) is 0 Å². The average Bonchev–Trinajstić information content (AvgIpc) is 3.20. The van der Waals surface area contributed by atoms with Gasteiger partial charge in [0.1, 0.15) is 5.01 Å². The number of hydrogen-bond acceptors (Lipinski definition) is 2. The van der Waals surface area contributed by atoms with Crippen molar-refractivity contribution in [1.82, 2.24) is 4.98 Å². The van der Waals surface area contributed by atoms with E-state index in [0.717, 1.165) is 10.2 Å². The Labute approximate surface area is 136 Å². The minimum Gasteiger partial charge on any atom is -0.240 e. The second kappa shape index (κ2) is 5.08. The molecule has 0 radical (unpaired) electrons. The summed E-state index contributed by atoms with van der Waals surface area (Å²) < 4.78 is 1.10. The third-order valence-corrected chi connectivity index (χ3v) is 5.70. The standard InChI is InChI=1S/C18H14BrNS/c19-15-8-6-13(7-9-15)16-12-21-17(20-16)18(10-11-18)14-4-2-1-3-5-14/h1-9,12H,10-11H2. The van der Waals surface area contributed by atoms with Crippen molar-refractivity contribution in [3.63, 3.8) is 0 Å².